The third-order valence-corrected chi connectivity index (χ3v) is 4.48. The van der Waals surface area contributed by atoms with Crippen molar-refractivity contribution in [1.29, 1.82) is 5.26 Å². The number of thioether (sulfide) groups is 1. The van der Waals surface area contributed by atoms with Crippen LogP contribution in [0.4, 0.5) is 0 Å². The molecule has 1 N–H and O–H groups in total. The number of benzene rings is 1. The predicted molar refractivity (Wildman–Crippen MR) is 99.5 cm³/mol. The molecular weight excluding hydrogens is 390 g/mol. The van der Waals surface area contributed by atoms with Gasteiger partial charge in [0.25, 0.3) is 5.56 Å². The van der Waals surface area contributed by atoms with E-state index in [2.05, 4.69) is 32.8 Å². The number of hydrogen-bond donors (Lipinski definition) is 1. The fraction of sp³-hybridized carbons (Fsp3) is 0.353. The van der Waals surface area contributed by atoms with E-state index in [9.17, 15) is 10.1 Å². The van der Waals surface area contributed by atoms with Gasteiger partial charge in [-0.3, -0.25) is 4.79 Å². The molecule has 0 radical (unpaired) electrons. The largest absolute Gasteiger partial charge is 0.493 e. The van der Waals surface area contributed by atoms with Crippen molar-refractivity contribution in [2.75, 3.05) is 12.9 Å². The normalized spacial score (nSPS) is 10.4. The van der Waals surface area contributed by atoms with Crippen molar-refractivity contribution in [3.8, 4) is 23.1 Å². The van der Waals surface area contributed by atoms with Gasteiger partial charge in [-0.1, -0.05) is 47.5 Å². The molecule has 0 aliphatic heterocycles. The van der Waals surface area contributed by atoms with Gasteiger partial charge in [0.15, 0.2) is 5.16 Å². The number of rotatable bonds is 7. The molecule has 1 aromatic heterocycles. The number of aromatic amines is 1. The van der Waals surface area contributed by atoms with Crippen LogP contribution in [0.3, 0.4) is 0 Å². The van der Waals surface area contributed by atoms with Gasteiger partial charge in [0.1, 0.15) is 23.1 Å². The zero-order valence-corrected chi connectivity index (χ0v) is 16.0. The molecule has 5 nitrogen and oxygen atoms in total. The maximum absolute atomic E-state index is 12.1. The van der Waals surface area contributed by atoms with Gasteiger partial charge in [0.2, 0.25) is 0 Å². The molecular formula is C17H18BrN3O2S. The first kappa shape index (κ1) is 18.6. The van der Waals surface area contributed by atoms with Gasteiger partial charge in [0, 0.05) is 10.0 Å². The Balaban J connectivity index is 2.51. The molecule has 1 aromatic carbocycles. The molecule has 7 heteroatoms. The Morgan fingerprint density at radius 3 is 2.88 bits per heavy atom. The Hall–Kier alpha value is -1.78. The Morgan fingerprint density at radius 1 is 1.42 bits per heavy atom. The third-order valence-electron chi connectivity index (χ3n) is 3.41. The number of nitrogens with zero attached hydrogens (tertiary/aromatic N) is 2. The summed E-state index contributed by atoms with van der Waals surface area (Å²) in [5.74, 6) is 0.621. The average Bonchev–Trinajstić information content (AvgIpc) is 2.59. The highest BCUT2D eigenvalue weighted by Crippen LogP contribution is 2.33. The molecule has 1 heterocycles. The first-order valence-corrected chi connectivity index (χ1v) is 9.63. The van der Waals surface area contributed by atoms with E-state index in [1.54, 1.807) is 0 Å². The van der Waals surface area contributed by atoms with Gasteiger partial charge in [-0.15, -0.1) is 0 Å². The van der Waals surface area contributed by atoms with Crippen molar-refractivity contribution in [3.63, 3.8) is 0 Å². The van der Waals surface area contributed by atoms with Crippen molar-refractivity contribution >= 4 is 27.7 Å². The zero-order chi connectivity index (χ0) is 17.5. The van der Waals surface area contributed by atoms with E-state index in [1.807, 2.05) is 30.5 Å². The van der Waals surface area contributed by atoms with E-state index in [0.29, 0.717) is 28.8 Å². The molecule has 0 unspecified atom stereocenters. The molecule has 126 valence electrons. The molecule has 2 rings (SSSR count). The first-order chi connectivity index (χ1) is 11.6. The number of ether oxygens (including phenoxy) is 1. The summed E-state index contributed by atoms with van der Waals surface area (Å²) in [6.07, 6.45) is 4.98. The summed E-state index contributed by atoms with van der Waals surface area (Å²) in [5, 5.41) is 9.82. The second-order valence-electron chi connectivity index (χ2n) is 5.11. The van der Waals surface area contributed by atoms with Crippen molar-refractivity contribution in [2.24, 2.45) is 0 Å². The Morgan fingerprint density at radius 2 is 2.21 bits per heavy atom. The Labute approximate surface area is 153 Å². The molecule has 0 saturated heterocycles. The van der Waals surface area contributed by atoms with Crippen LogP contribution in [0.25, 0.3) is 11.3 Å². The molecule has 2 aromatic rings. The minimum Gasteiger partial charge on any atom is -0.493 e. The van der Waals surface area contributed by atoms with Gasteiger partial charge in [-0.25, -0.2) is 4.98 Å². The summed E-state index contributed by atoms with van der Waals surface area (Å²) in [5.41, 5.74) is 0.532. The summed E-state index contributed by atoms with van der Waals surface area (Å²) < 4.78 is 6.70. The van der Waals surface area contributed by atoms with E-state index >= 15 is 0 Å². The Kier molecular flexibility index (Phi) is 6.88. The number of H-pyrrole nitrogens is 1. The molecule has 0 amide bonds. The van der Waals surface area contributed by atoms with Crippen molar-refractivity contribution in [3.05, 3.63) is 38.6 Å². The topological polar surface area (TPSA) is 78.8 Å². The highest BCUT2D eigenvalue weighted by molar-refractivity contribution is 9.10. The summed E-state index contributed by atoms with van der Waals surface area (Å²) in [6, 6.07) is 7.47. The van der Waals surface area contributed by atoms with Crippen LogP contribution >= 0.6 is 27.7 Å². The predicted octanol–water partition coefficient (Wildman–Crippen LogP) is 4.36. The second-order valence-corrected chi connectivity index (χ2v) is 6.82. The van der Waals surface area contributed by atoms with E-state index in [0.717, 1.165) is 23.7 Å². The number of nitrogens with one attached hydrogen (secondary N) is 1. The number of unbranched alkanes of at least 4 members (excludes halogenated alkanes) is 2. The van der Waals surface area contributed by atoms with E-state index < -0.39 is 5.56 Å². The molecule has 0 aliphatic rings. The molecule has 0 spiro atoms. The standard InChI is InChI=1S/C17H18BrN3O2S/c1-3-4-5-8-23-14-7-6-11(18)9-12(14)15-13(10-19)16(22)21-17(20-15)24-2/h6-7,9H,3-5,8H2,1-2H3,(H,20,21,22). The molecule has 24 heavy (non-hydrogen) atoms. The van der Waals surface area contributed by atoms with Gasteiger partial charge < -0.3 is 9.72 Å². The van der Waals surface area contributed by atoms with Crippen LogP contribution in [-0.2, 0) is 0 Å². The minimum atomic E-state index is -0.441. The van der Waals surface area contributed by atoms with E-state index in [-0.39, 0.29) is 5.56 Å². The summed E-state index contributed by atoms with van der Waals surface area (Å²) in [7, 11) is 0. The fourth-order valence-corrected chi connectivity index (χ4v) is 2.93. The van der Waals surface area contributed by atoms with Crippen molar-refractivity contribution in [2.45, 2.75) is 31.3 Å². The second kappa shape index (κ2) is 8.90. The van der Waals surface area contributed by atoms with Gasteiger partial charge in [0.05, 0.1) is 6.61 Å². The number of nitriles is 1. The van der Waals surface area contributed by atoms with Crippen LogP contribution < -0.4 is 10.3 Å². The maximum atomic E-state index is 12.1. The number of halogens is 1. The third kappa shape index (κ3) is 4.40. The monoisotopic (exact) mass is 407 g/mol. The molecule has 0 saturated carbocycles. The highest BCUT2D eigenvalue weighted by Gasteiger charge is 2.17. The maximum Gasteiger partial charge on any atom is 0.270 e. The van der Waals surface area contributed by atoms with Crippen LogP contribution in [-0.4, -0.2) is 22.8 Å². The molecule has 0 fully saturated rings. The summed E-state index contributed by atoms with van der Waals surface area (Å²) >= 11 is 4.75. The lowest BCUT2D eigenvalue weighted by molar-refractivity contribution is 0.307. The van der Waals surface area contributed by atoms with Gasteiger partial charge in [-0.2, -0.15) is 5.26 Å². The van der Waals surface area contributed by atoms with Crippen molar-refractivity contribution in [1.82, 2.24) is 9.97 Å². The lowest BCUT2D eigenvalue weighted by Crippen LogP contribution is -2.15. The van der Waals surface area contributed by atoms with E-state index in [1.165, 1.54) is 11.8 Å². The van der Waals surface area contributed by atoms with Gasteiger partial charge in [-0.05, 0) is 30.9 Å². The number of hydrogen-bond acceptors (Lipinski definition) is 5. The quantitative estimate of drug-likeness (QED) is 0.418. The molecule has 0 aliphatic carbocycles. The summed E-state index contributed by atoms with van der Waals surface area (Å²) in [4.78, 5) is 19.2. The van der Waals surface area contributed by atoms with Gasteiger partial charge >= 0.3 is 0 Å². The molecule has 0 bridgehead atoms. The first-order valence-electron chi connectivity index (χ1n) is 7.61. The summed E-state index contributed by atoms with van der Waals surface area (Å²) in [6.45, 7) is 2.72. The SMILES string of the molecule is CCCCCOc1ccc(Br)cc1-c1nc(SC)[nH]c(=O)c1C#N. The number of aromatic nitrogens is 2. The zero-order valence-electron chi connectivity index (χ0n) is 13.6. The lowest BCUT2D eigenvalue weighted by Gasteiger charge is -2.13. The van der Waals surface area contributed by atoms with Crippen LogP contribution in [0, 0.1) is 11.3 Å². The lowest BCUT2D eigenvalue weighted by atomic mass is 10.1. The van der Waals surface area contributed by atoms with Crippen LogP contribution in [0.2, 0.25) is 0 Å². The smallest absolute Gasteiger partial charge is 0.270 e. The Bertz CT molecular complexity index is 814. The van der Waals surface area contributed by atoms with E-state index in [4.69, 9.17) is 4.74 Å². The van der Waals surface area contributed by atoms with Crippen LogP contribution in [0.1, 0.15) is 31.7 Å². The molecule has 0 atom stereocenters. The average molecular weight is 408 g/mol. The minimum absolute atomic E-state index is 0.00990. The van der Waals surface area contributed by atoms with Crippen LogP contribution in [0.15, 0.2) is 32.6 Å². The fourth-order valence-electron chi connectivity index (χ4n) is 2.20. The van der Waals surface area contributed by atoms with Crippen molar-refractivity contribution < 1.29 is 4.74 Å². The highest BCUT2D eigenvalue weighted by atomic mass is 79.9. The van der Waals surface area contributed by atoms with Crippen LogP contribution in [0.5, 0.6) is 5.75 Å².